The van der Waals surface area contributed by atoms with Crippen LogP contribution < -0.4 is 5.32 Å². The zero-order valence-corrected chi connectivity index (χ0v) is 6.34. The molecule has 1 aliphatic rings. The SMILES string of the molecule is C1=C(c2ccco2)CNCC1. The van der Waals surface area contributed by atoms with Crippen molar-refractivity contribution < 1.29 is 4.42 Å². The second kappa shape index (κ2) is 2.93. The third kappa shape index (κ3) is 1.35. The van der Waals surface area contributed by atoms with Gasteiger partial charge < -0.3 is 9.73 Å². The second-order valence-electron chi connectivity index (χ2n) is 2.67. The summed E-state index contributed by atoms with van der Waals surface area (Å²) in [5.74, 6) is 0.997. The normalized spacial score (nSPS) is 18.0. The van der Waals surface area contributed by atoms with Crippen molar-refractivity contribution in [1.29, 1.82) is 0 Å². The average Bonchev–Trinajstić information content (AvgIpc) is 2.58. The summed E-state index contributed by atoms with van der Waals surface area (Å²) in [7, 11) is 0. The largest absolute Gasteiger partial charge is 0.465 e. The van der Waals surface area contributed by atoms with Gasteiger partial charge in [0.15, 0.2) is 0 Å². The molecule has 1 aliphatic heterocycles. The van der Waals surface area contributed by atoms with E-state index in [-0.39, 0.29) is 0 Å². The zero-order chi connectivity index (χ0) is 7.52. The zero-order valence-electron chi connectivity index (χ0n) is 6.34. The van der Waals surface area contributed by atoms with Crippen molar-refractivity contribution in [2.45, 2.75) is 6.42 Å². The lowest BCUT2D eigenvalue weighted by Gasteiger charge is -2.11. The molecule has 0 radical (unpaired) electrons. The van der Waals surface area contributed by atoms with E-state index < -0.39 is 0 Å². The first-order valence-electron chi connectivity index (χ1n) is 3.90. The Morgan fingerprint density at radius 1 is 1.45 bits per heavy atom. The Balaban J connectivity index is 2.22. The van der Waals surface area contributed by atoms with Gasteiger partial charge >= 0.3 is 0 Å². The molecular formula is C9H11NO. The van der Waals surface area contributed by atoms with Crippen LogP contribution in [0.15, 0.2) is 28.9 Å². The highest BCUT2D eigenvalue weighted by atomic mass is 16.3. The molecule has 0 saturated heterocycles. The van der Waals surface area contributed by atoms with Crippen LogP contribution in [0.25, 0.3) is 5.57 Å². The van der Waals surface area contributed by atoms with Crippen molar-refractivity contribution in [1.82, 2.24) is 5.32 Å². The van der Waals surface area contributed by atoms with Gasteiger partial charge in [0.25, 0.3) is 0 Å². The molecule has 0 unspecified atom stereocenters. The van der Waals surface area contributed by atoms with Crippen molar-refractivity contribution in [3.63, 3.8) is 0 Å². The van der Waals surface area contributed by atoms with Gasteiger partial charge in [-0.05, 0) is 25.1 Å². The molecule has 58 valence electrons. The summed E-state index contributed by atoms with van der Waals surface area (Å²) >= 11 is 0. The Bertz CT molecular complexity index is 249. The molecule has 1 N–H and O–H groups in total. The molecule has 0 spiro atoms. The highest BCUT2D eigenvalue weighted by molar-refractivity contribution is 5.63. The van der Waals surface area contributed by atoms with Crippen LogP contribution in [0, 0.1) is 0 Å². The van der Waals surface area contributed by atoms with E-state index in [1.807, 2.05) is 12.1 Å². The summed E-state index contributed by atoms with van der Waals surface area (Å²) in [4.78, 5) is 0. The van der Waals surface area contributed by atoms with Gasteiger partial charge in [-0.2, -0.15) is 0 Å². The summed E-state index contributed by atoms with van der Waals surface area (Å²) < 4.78 is 5.26. The molecule has 2 nitrogen and oxygen atoms in total. The molecule has 1 aromatic rings. The molecule has 11 heavy (non-hydrogen) atoms. The Hall–Kier alpha value is -1.02. The van der Waals surface area contributed by atoms with Crippen molar-refractivity contribution in [2.75, 3.05) is 13.1 Å². The summed E-state index contributed by atoms with van der Waals surface area (Å²) in [6.07, 6.45) is 5.05. The number of nitrogens with one attached hydrogen (secondary N) is 1. The lowest BCUT2D eigenvalue weighted by atomic mass is 10.1. The van der Waals surface area contributed by atoms with E-state index in [9.17, 15) is 0 Å². The second-order valence-corrected chi connectivity index (χ2v) is 2.67. The molecule has 2 heteroatoms. The quantitative estimate of drug-likeness (QED) is 0.656. The molecule has 0 aromatic carbocycles. The predicted molar refractivity (Wildman–Crippen MR) is 44.2 cm³/mol. The van der Waals surface area contributed by atoms with Crippen LogP contribution in [0.4, 0.5) is 0 Å². The maximum atomic E-state index is 5.26. The number of rotatable bonds is 1. The van der Waals surface area contributed by atoms with Gasteiger partial charge in [0.1, 0.15) is 5.76 Å². The van der Waals surface area contributed by atoms with Crippen LogP contribution in [0.3, 0.4) is 0 Å². The first kappa shape index (κ1) is 6.68. The highest BCUT2D eigenvalue weighted by Gasteiger charge is 2.06. The standard InChI is InChI=1S/C9H11NO/c1-3-8(7-10-5-1)9-4-2-6-11-9/h2-4,6,10H,1,5,7H2. The molecule has 0 fully saturated rings. The fourth-order valence-corrected chi connectivity index (χ4v) is 1.29. The first-order chi connectivity index (χ1) is 5.47. The Morgan fingerprint density at radius 2 is 2.45 bits per heavy atom. The Labute approximate surface area is 65.9 Å². The lowest BCUT2D eigenvalue weighted by molar-refractivity contribution is 0.546. The van der Waals surface area contributed by atoms with E-state index in [2.05, 4.69) is 11.4 Å². The molecule has 1 aromatic heterocycles. The summed E-state index contributed by atoms with van der Waals surface area (Å²) in [6.45, 7) is 2.03. The molecule has 0 aliphatic carbocycles. The van der Waals surface area contributed by atoms with E-state index in [4.69, 9.17) is 4.42 Å². The summed E-state index contributed by atoms with van der Waals surface area (Å²) in [5.41, 5.74) is 1.28. The number of hydrogen-bond donors (Lipinski definition) is 1. The summed E-state index contributed by atoms with van der Waals surface area (Å²) in [6, 6.07) is 3.92. The van der Waals surface area contributed by atoms with E-state index in [0.717, 1.165) is 25.3 Å². The maximum absolute atomic E-state index is 5.26. The third-order valence-electron chi connectivity index (χ3n) is 1.86. The van der Waals surface area contributed by atoms with Gasteiger partial charge in [0, 0.05) is 12.1 Å². The van der Waals surface area contributed by atoms with Crippen LogP contribution in [-0.4, -0.2) is 13.1 Å². The molecular weight excluding hydrogens is 138 g/mol. The molecule has 2 heterocycles. The van der Waals surface area contributed by atoms with Crippen molar-refractivity contribution in [2.24, 2.45) is 0 Å². The van der Waals surface area contributed by atoms with Crippen LogP contribution in [0.5, 0.6) is 0 Å². The van der Waals surface area contributed by atoms with Crippen LogP contribution in [0.2, 0.25) is 0 Å². The minimum absolute atomic E-state index is 0.938. The van der Waals surface area contributed by atoms with Gasteiger partial charge in [-0.3, -0.25) is 0 Å². The van der Waals surface area contributed by atoms with Gasteiger partial charge in [-0.25, -0.2) is 0 Å². The number of hydrogen-bond acceptors (Lipinski definition) is 2. The molecule has 0 atom stereocenters. The fourth-order valence-electron chi connectivity index (χ4n) is 1.29. The molecule has 0 bridgehead atoms. The van der Waals surface area contributed by atoms with Gasteiger partial charge in [-0.15, -0.1) is 0 Å². The van der Waals surface area contributed by atoms with Crippen molar-refractivity contribution >= 4 is 5.57 Å². The maximum Gasteiger partial charge on any atom is 0.130 e. The van der Waals surface area contributed by atoms with E-state index in [1.165, 1.54) is 5.57 Å². The Kier molecular flexibility index (Phi) is 1.78. The monoisotopic (exact) mass is 149 g/mol. The van der Waals surface area contributed by atoms with Gasteiger partial charge in [0.05, 0.1) is 6.26 Å². The van der Waals surface area contributed by atoms with E-state index in [0.29, 0.717) is 0 Å². The molecule has 0 amide bonds. The van der Waals surface area contributed by atoms with Crippen molar-refractivity contribution in [3.05, 3.63) is 30.2 Å². The van der Waals surface area contributed by atoms with Crippen molar-refractivity contribution in [3.8, 4) is 0 Å². The Morgan fingerprint density at radius 3 is 3.09 bits per heavy atom. The minimum Gasteiger partial charge on any atom is -0.465 e. The fraction of sp³-hybridized carbons (Fsp3) is 0.333. The van der Waals surface area contributed by atoms with E-state index >= 15 is 0 Å². The van der Waals surface area contributed by atoms with Crippen LogP contribution in [0.1, 0.15) is 12.2 Å². The smallest absolute Gasteiger partial charge is 0.130 e. The highest BCUT2D eigenvalue weighted by Crippen LogP contribution is 2.16. The van der Waals surface area contributed by atoms with Crippen LogP contribution >= 0.6 is 0 Å². The first-order valence-corrected chi connectivity index (χ1v) is 3.90. The lowest BCUT2D eigenvalue weighted by Crippen LogP contribution is -2.21. The average molecular weight is 149 g/mol. The van der Waals surface area contributed by atoms with Gasteiger partial charge in [0.2, 0.25) is 0 Å². The topological polar surface area (TPSA) is 25.2 Å². The molecule has 0 saturated carbocycles. The number of furan rings is 1. The minimum atomic E-state index is 0.938. The predicted octanol–water partition coefficient (Wildman–Crippen LogP) is 1.66. The van der Waals surface area contributed by atoms with Crippen LogP contribution in [-0.2, 0) is 0 Å². The van der Waals surface area contributed by atoms with Gasteiger partial charge in [-0.1, -0.05) is 6.08 Å². The third-order valence-corrected chi connectivity index (χ3v) is 1.86. The van der Waals surface area contributed by atoms with E-state index in [1.54, 1.807) is 6.26 Å². The summed E-state index contributed by atoms with van der Waals surface area (Å²) in [5, 5.41) is 3.29. The molecule has 2 rings (SSSR count).